The molecule has 0 unspecified atom stereocenters. The van der Waals surface area contributed by atoms with Crippen LogP contribution in [0.3, 0.4) is 0 Å². The Labute approximate surface area is 159 Å². The van der Waals surface area contributed by atoms with E-state index in [0.717, 1.165) is 11.4 Å². The number of thiophene rings is 1. The number of methoxy groups -OCH3 is 1. The van der Waals surface area contributed by atoms with Gasteiger partial charge in [0.2, 0.25) is 5.69 Å². The van der Waals surface area contributed by atoms with Crippen LogP contribution in [0, 0.1) is 6.57 Å². The molecule has 7 nitrogen and oxygen atoms in total. The second kappa shape index (κ2) is 6.78. The smallest absolute Gasteiger partial charge is 0.359 e. The van der Waals surface area contributed by atoms with E-state index in [2.05, 4.69) is 9.94 Å². The minimum Gasteiger partial charge on any atom is -0.508 e. The van der Waals surface area contributed by atoms with Crippen molar-refractivity contribution in [1.82, 2.24) is 9.78 Å². The van der Waals surface area contributed by atoms with Gasteiger partial charge in [0.1, 0.15) is 18.1 Å². The Morgan fingerprint density at radius 2 is 2.33 bits per heavy atom. The molecule has 0 fully saturated rings. The van der Waals surface area contributed by atoms with E-state index in [9.17, 15) is 4.79 Å². The lowest BCUT2D eigenvalue weighted by Gasteiger charge is -2.21. The lowest BCUT2D eigenvalue weighted by molar-refractivity contribution is 0.0516. The van der Waals surface area contributed by atoms with Crippen molar-refractivity contribution in [3.05, 3.63) is 51.6 Å². The summed E-state index contributed by atoms with van der Waals surface area (Å²) >= 11 is 1.53. The van der Waals surface area contributed by atoms with Gasteiger partial charge in [-0.1, -0.05) is 0 Å². The minimum absolute atomic E-state index is 0.182. The Morgan fingerprint density at radius 1 is 1.48 bits per heavy atom. The van der Waals surface area contributed by atoms with Crippen LogP contribution in [0.25, 0.3) is 21.8 Å². The van der Waals surface area contributed by atoms with Crippen molar-refractivity contribution < 1.29 is 19.0 Å². The molecule has 1 aliphatic heterocycles. The van der Waals surface area contributed by atoms with Crippen LogP contribution in [0.15, 0.2) is 29.0 Å². The number of ether oxygens (including phenoxy) is 3. The molecule has 0 bridgehead atoms. The van der Waals surface area contributed by atoms with Crippen LogP contribution in [-0.2, 0) is 11.3 Å². The first-order valence-electron chi connectivity index (χ1n) is 8.22. The molecule has 136 valence electrons. The van der Waals surface area contributed by atoms with Crippen molar-refractivity contribution in [3.63, 3.8) is 0 Å². The van der Waals surface area contributed by atoms with Crippen molar-refractivity contribution in [1.29, 1.82) is 0 Å². The summed E-state index contributed by atoms with van der Waals surface area (Å²) in [6.45, 7) is 9.61. The highest BCUT2D eigenvalue weighted by Gasteiger charge is 2.31. The molecule has 0 spiro atoms. The molecule has 3 heterocycles. The number of hydrogen-bond donors (Lipinski definition) is 0. The summed E-state index contributed by atoms with van der Waals surface area (Å²) in [4.78, 5) is 16.0. The number of carbonyl (C=O) groups excluding carboxylic acids is 1. The molecule has 0 aliphatic carbocycles. The van der Waals surface area contributed by atoms with Crippen LogP contribution >= 0.6 is 11.3 Å². The maximum atomic E-state index is 12.4. The normalized spacial score (nSPS) is 11.7. The first-order valence-corrected chi connectivity index (χ1v) is 9.16. The molecule has 0 amide bonds. The van der Waals surface area contributed by atoms with Crippen LogP contribution in [-0.4, -0.2) is 29.5 Å². The molecule has 8 heteroatoms. The molecule has 0 radical (unpaired) electrons. The van der Waals surface area contributed by atoms with Gasteiger partial charge >= 0.3 is 5.97 Å². The summed E-state index contributed by atoms with van der Waals surface area (Å²) in [7, 11) is 1.51. The molecule has 1 aromatic carbocycles. The third-order valence-corrected chi connectivity index (χ3v) is 4.90. The molecule has 3 aromatic rings. The number of aromatic nitrogens is 2. The Kier molecular flexibility index (Phi) is 4.30. The fourth-order valence-corrected chi connectivity index (χ4v) is 3.66. The van der Waals surface area contributed by atoms with E-state index in [-0.39, 0.29) is 18.9 Å². The molecule has 1 aliphatic rings. The van der Waals surface area contributed by atoms with Gasteiger partial charge < -0.3 is 14.2 Å². The molecular formula is C19H15N3O4S. The van der Waals surface area contributed by atoms with Gasteiger partial charge in [-0.15, -0.1) is 0 Å². The van der Waals surface area contributed by atoms with Crippen LogP contribution in [0.5, 0.6) is 11.5 Å². The van der Waals surface area contributed by atoms with Crippen LogP contribution in [0.4, 0.5) is 5.69 Å². The minimum atomic E-state index is -0.492. The van der Waals surface area contributed by atoms with E-state index < -0.39 is 5.97 Å². The maximum absolute atomic E-state index is 12.4. The average Bonchev–Trinajstić information content (AvgIpc) is 3.34. The highest BCUT2D eigenvalue weighted by Crippen LogP contribution is 2.45. The van der Waals surface area contributed by atoms with Gasteiger partial charge in [0.15, 0.2) is 5.69 Å². The van der Waals surface area contributed by atoms with Crippen molar-refractivity contribution in [2.75, 3.05) is 13.7 Å². The van der Waals surface area contributed by atoms with Crippen molar-refractivity contribution in [2.24, 2.45) is 0 Å². The molecule has 27 heavy (non-hydrogen) atoms. The molecule has 0 N–H and O–H groups in total. The van der Waals surface area contributed by atoms with E-state index in [1.807, 2.05) is 16.8 Å². The third kappa shape index (κ3) is 2.73. The topological polar surface area (TPSA) is 66.9 Å². The lowest BCUT2D eigenvalue weighted by atomic mass is 10.0. The van der Waals surface area contributed by atoms with Crippen molar-refractivity contribution in [3.8, 4) is 28.4 Å². The van der Waals surface area contributed by atoms with Gasteiger partial charge in [-0.25, -0.2) is 14.3 Å². The first-order chi connectivity index (χ1) is 13.2. The summed E-state index contributed by atoms with van der Waals surface area (Å²) < 4.78 is 18.0. The summed E-state index contributed by atoms with van der Waals surface area (Å²) in [5.41, 5.74) is 3.49. The largest absolute Gasteiger partial charge is 0.508 e. The number of rotatable bonds is 4. The number of esters is 1. The van der Waals surface area contributed by atoms with Crippen LogP contribution < -0.4 is 9.47 Å². The van der Waals surface area contributed by atoms with E-state index >= 15 is 0 Å². The van der Waals surface area contributed by atoms with Gasteiger partial charge in [-0.05, 0) is 24.4 Å². The van der Waals surface area contributed by atoms with Gasteiger partial charge in [-0.3, -0.25) is 0 Å². The molecule has 2 aromatic heterocycles. The number of nitrogens with zero attached hydrogens (tertiary/aromatic N) is 3. The Balaban J connectivity index is 1.99. The second-order valence-electron chi connectivity index (χ2n) is 5.71. The predicted octanol–water partition coefficient (Wildman–Crippen LogP) is 4.23. The summed E-state index contributed by atoms with van der Waals surface area (Å²) in [6.07, 6.45) is 0. The Bertz CT molecular complexity index is 1060. The van der Waals surface area contributed by atoms with E-state index in [1.165, 1.54) is 18.4 Å². The standard InChI is InChI=1S/C19H15N3O4S/c1-4-25-19(23)17-13-9-26-15-8-16(24-3)14(20-2)7-12(15)18(13)22(21-17)11-5-6-27-10-11/h5-8,10H,4,9H2,1,3H3. The van der Waals surface area contributed by atoms with Crippen molar-refractivity contribution in [2.45, 2.75) is 13.5 Å². The van der Waals surface area contributed by atoms with Crippen LogP contribution in [0.1, 0.15) is 23.0 Å². The molecule has 0 atom stereocenters. The van der Waals surface area contributed by atoms with Crippen molar-refractivity contribution >= 4 is 23.0 Å². The van der Waals surface area contributed by atoms with E-state index in [1.54, 1.807) is 23.7 Å². The predicted molar refractivity (Wildman–Crippen MR) is 100.0 cm³/mol. The molecule has 4 rings (SSSR count). The number of fused-ring (bicyclic) bond motifs is 3. The zero-order valence-electron chi connectivity index (χ0n) is 14.7. The van der Waals surface area contributed by atoms with Gasteiger partial charge in [0.05, 0.1) is 37.2 Å². The maximum Gasteiger partial charge on any atom is 0.359 e. The van der Waals surface area contributed by atoms with Gasteiger partial charge in [-0.2, -0.15) is 16.4 Å². The zero-order valence-corrected chi connectivity index (χ0v) is 15.5. The van der Waals surface area contributed by atoms with E-state index in [0.29, 0.717) is 28.3 Å². The quantitative estimate of drug-likeness (QED) is 0.500. The highest BCUT2D eigenvalue weighted by molar-refractivity contribution is 7.08. The average molecular weight is 381 g/mol. The lowest BCUT2D eigenvalue weighted by Crippen LogP contribution is -2.12. The molecule has 0 saturated heterocycles. The fourth-order valence-electron chi connectivity index (χ4n) is 3.05. The molecule has 0 saturated carbocycles. The number of benzene rings is 1. The fraction of sp³-hybridized carbons (Fsp3) is 0.211. The second-order valence-corrected chi connectivity index (χ2v) is 6.49. The summed E-state index contributed by atoms with van der Waals surface area (Å²) in [6, 6.07) is 5.32. The highest BCUT2D eigenvalue weighted by atomic mass is 32.1. The summed E-state index contributed by atoms with van der Waals surface area (Å²) in [5.74, 6) is 0.534. The third-order valence-electron chi connectivity index (χ3n) is 4.23. The Morgan fingerprint density at radius 3 is 3.00 bits per heavy atom. The first kappa shape index (κ1) is 17.1. The van der Waals surface area contributed by atoms with E-state index in [4.69, 9.17) is 20.8 Å². The van der Waals surface area contributed by atoms with Gasteiger partial charge in [0.25, 0.3) is 0 Å². The van der Waals surface area contributed by atoms with Gasteiger partial charge in [0, 0.05) is 17.0 Å². The Hall–Kier alpha value is -3.31. The summed E-state index contributed by atoms with van der Waals surface area (Å²) in [5, 5.41) is 8.39. The SMILES string of the molecule is [C-]#[N+]c1cc2c(cc1OC)OCc1c(C(=O)OCC)nn(-c3ccsc3)c1-2. The molecular weight excluding hydrogens is 366 g/mol. The monoisotopic (exact) mass is 381 g/mol. The number of carbonyl (C=O) groups is 1. The zero-order chi connectivity index (χ0) is 19.0. The van der Waals surface area contributed by atoms with Crippen LogP contribution in [0.2, 0.25) is 0 Å². The number of hydrogen-bond acceptors (Lipinski definition) is 6.